The minimum Gasteiger partial charge on any atom is -0.455 e. The first-order chi connectivity index (χ1) is 17.6. The average molecular weight is 511 g/mol. The normalized spacial score (nSPS) is 16.5. The highest BCUT2D eigenvalue weighted by atomic mass is 35.5. The maximum Gasteiger partial charge on any atom is 0.270 e. The third-order valence-corrected chi connectivity index (χ3v) is 6.61. The molecule has 0 bridgehead atoms. The van der Waals surface area contributed by atoms with Crippen molar-refractivity contribution in [3.8, 4) is 11.3 Å². The van der Waals surface area contributed by atoms with E-state index in [2.05, 4.69) is 30.3 Å². The van der Waals surface area contributed by atoms with Crippen LogP contribution in [0.2, 0.25) is 5.02 Å². The van der Waals surface area contributed by atoms with Crippen LogP contribution in [0.25, 0.3) is 11.3 Å². The Labute approximate surface area is 213 Å². The summed E-state index contributed by atoms with van der Waals surface area (Å²) in [5.74, 6) is 2.70. The number of nitrogens with one attached hydrogen (secondary N) is 1. The zero-order chi connectivity index (χ0) is 24.9. The number of nitro benzene ring substituents is 1. The van der Waals surface area contributed by atoms with Crippen LogP contribution in [-0.2, 0) is 0 Å². The first-order valence-corrected chi connectivity index (χ1v) is 12.5. The number of furan rings is 1. The first kappa shape index (κ1) is 24.0. The van der Waals surface area contributed by atoms with Gasteiger partial charge in [0.15, 0.2) is 0 Å². The van der Waals surface area contributed by atoms with E-state index in [4.69, 9.17) is 21.0 Å². The molecule has 11 nitrogen and oxygen atoms in total. The van der Waals surface area contributed by atoms with Crippen LogP contribution >= 0.6 is 11.6 Å². The smallest absolute Gasteiger partial charge is 0.270 e. The van der Waals surface area contributed by atoms with E-state index in [1.54, 1.807) is 18.2 Å². The van der Waals surface area contributed by atoms with Crippen LogP contribution in [0, 0.1) is 10.1 Å². The quantitative estimate of drug-likeness (QED) is 0.262. The van der Waals surface area contributed by atoms with Gasteiger partial charge in [0.25, 0.3) is 5.69 Å². The lowest BCUT2D eigenvalue weighted by Crippen LogP contribution is -2.34. The van der Waals surface area contributed by atoms with Crippen LogP contribution in [-0.4, -0.2) is 52.3 Å². The van der Waals surface area contributed by atoms with E-state index in [0.29, 0.717) is 34.9 Å². The van der Waals surface area contributed by atoms with Crippen molar-refractivity contribution in [3.63, 3.8) is 0 Å². The number of nitrogens with zero attached hydrogens (tertiary/aromatic N) is 7. The number of rotatable bonds is 7. The Morgan fingerprint density at radius 2 is 1.58 bits per heavy atom. The van der Waals surface area contributed by atoms with Crippen molar-refractivity contribution in [2.45, 2.75) is 38.5 Å². The molecule has 12 heteroatoms. The molecule has 2 aliphatic heterocycles. The second kappa shape index (κ2) is 10.9. The molecule has 0 spiro atoms. The molecule has 0 unspecified atom stereocenters. The van der Waals surface area contributed by atoms with E-state index in [1.165, 1.54) is 31.2 Å². The van der Waals surface area contributed by atoms with E-state index in [9.17, 15) is 10.1 Å². The lowest BCUT2D eigenvalue weighted by molar-refractivity contribution is -0.384. The lowest BCUT2D eigenvalue weighted by atomic mass is 10.1. The van der Waals surface area contributed by atoms with Crippen LogP contribution in [0.3, 0.4) is 0 Å². The Kier molecular flexibility index (Phi) is 7.26. The van der Waals surface area contributed by atoms with Crippen molar-refractivity contribution in [1.82, 2.24) is 15.0 Å². The molecule has 0 saturated carbocycles. The summed E-state index contributed by atoms with van der Waals surface area (Å²) < 4.78 is 5.81. The second-order valence-corrected chi connectivity index (χ2v) is 9.25. The molecule has 0 atom stereocenters. The predicted octanol–water partition coefficient (Wildman–Crippen LogP) is 5.12. The maximum atomic E-state index is 10.9. The summed E-state index contributed by atoms with van der Waals surface area (Å²) in [5, 5.41) is 15.4. The van der Waals surface area contributed by atoms with Gasteiger partial charge < -0.3 is 14.2 Å². The van der Waals surface area contributed by atoms with Gasteiger partial charge in [0.1, 0.15) is 11.5 Å². The van der Waals surface area contributed by atoms with Gasteiger partial charge in [0, 0.05) is 43.9 Å². The van der Waals surface area contributed by atoms with Crippen LogP contribution < -0.4 is 15.2 Å². The highest BCUT2D eigenvalue weighted by Gasteiger charge is 2.20. The van der Waals surface area contributed by atoms with Crippen molar-refractivity contribution >= 4 is 41.3 Å². The maximum absolute atomic E-state index is 10.9. The number of aromatic nitrogens is 3. The fraction of sp³-hybridized carbons (Fsp3) is 0.417. The molecular formula is C24H27ClN8O3. The molecular weight excluding hydrogens is 484 g/mol. The van der Waals surface area contributed by atoms with Crippen molar-refractivity contribution in [2.24, 2.45) is 5.10 Å². The molecule has 0 aliphatic carbocycles. The Bertz CT molecular complexity index is 1220. The van der Waals surface area contributed by atoms with Crippen LogP contribution in [0.1, 0.15) is 44.3 Å². The second-order valence-electron chi connectivity index (χ2n) is 8.85. The Hall–Kier alpha value is -3.73. The van der Waals surface area contributed by atoms with Crippen molar-refractivity contribution in [2.75, 3.05) is 41.4 Å². The fourth-order valence-electron chi connectivity index (χ4n) is 4.41. The minimum atomic E-state index is -0.490. The molecule has 1 N–H and O–H groups in total. The number of hydrazone groups is 1. The largest absolute Gasteiger partial charge is 0.455 e. The topological polar surface area (TPSA) is 126 Å². The highest BCUT2D eigenvalue weighted by molar-refractivity contribution is 6.33. The van der Waals surface area contributed by atoms with Gasteiger partial charge in [-0.05, 0) is 56.7 Å². The first-order valence-electron chi connectivity index (χ1n) is 12.2. The van der Waals surface area contributed by atoms with Gasteiger partial charge >= 0.3 is 0 Å². The van der Waals surface area contributed by atoms with Crippen molar-refractivity contribution in [3.05, 3.63) is 51.2 Å². The zero-order valence-corrected chi connectivity index (χ0v) is 20.5. The summed E-state index contributed by atoms with van der Waals surface area (Å²) in [6, 6.07) is 7.73. The van der Waals surface area contributed by atoms with E-state index >= 15 is 0 Å². The molecule has 2 saturated heterocycles. The van der Waals surface area contributed by atoms with Crippen LogP contribution in [0.4, 0.5) is 23.5 Å². The van der Waals surface area contributed by atoms with E-state index in [-0.39, 0.29) is 10.7 Å². The number of benzene rings is 1. The molecule has 5 rings (SSSR count). The van der Waals surface area contributed by atoms with Gasteiger partial charge in [-0.1, -0.05) is 11.6 Å². The van der Waals surface area contributed by atoms with Crippen molar-refractivity contribution in [1.29, 1.82) is 0 Å². The van der Waals surface area contributed by atoms with Gasteiger partial charge in [-0.3, -0.25) is 10.1 Å². The summed E-state index contributed by atoms with van der Waals surface area (Å²) in [6.07, 6.45) is 8.50. The summed E-state index contributed by atoms with van der Waals surface area (Å²) in [4.78, 5) is 28.9. The Morgan fingerprint density at radius 1 is 0.944 bits per heavy atom. The van der Waals surface area contributed by atoms with Gasteiger partial charge in [-0.25, -0.2) is 5.43 Å². The third kappa shape index (κ3) is 5.56. The number of hydrogen-bond donors (Lipinski definition) is 1. The predicted molar refractivity (Wildman–Crippen MR) is 139 cm³/mol. The average Bonchev–Trinajstić information content (AvgIpc) is 3.38. The lowest BCUT2D eigenvalue weighted by Gasteiger charge is -2.30. The molecule has 0 radical (unpaired) electrons. The minimum absolute atomic E-state index is 0.0773. The molecule has 1 aromatic carbocycles. The number of anilines is 3. The zero-order valence-electron chi connectivity index (χ0n) is 19.8. The molecule has 188 valence electrons. The molecule has 2 aliphatic rings. The number of halogens is 1. The van der Waals surface area contributed by atoms with E-state index in [0.717, 1.165) is 51.9 Å². The summed E-state index contributed by atoms with van der Waals surface area (Å²) in [7, 11) is 0. The molecule has 3 aromatic rings. The molecule has 2 aromatic heterocycles. The van der Waals surface area contributed by atoms with Gasteiger partial charge in [-0.15, -0.1) is 0 Å². The number of non-ortho nitro benzene ring substituents is 1. The summed E-state index contributed by atoms with van der Waals surface area (Å²) >= 11 is 6.22. The number of piperidine rings is 2. The standard InChI is InChI=1S/C24H27ClN8O3/c25-20-15-17(33(34)35)7-9-19(20)21-10-8-18(36-21)16-26-30-22-27-23(31-11-3-1-4-12-31)29-24(28-22)32-13-5-2-6-14-32/h7-10,15-16H,1-6,11-14H2,(H,27,28,29,30)/b26-16-. The van der Waals surface area contributed by atoms with Crippen molar-refractivity contribution < 1.29 is 9.34 Å². The monoisotopic (exact) mass is 510 g/mol. The fourth-order valence-corrected chi connectivity index (χ4v) is 4.68. The molecule has 2 fully saturated rings. The van der Waals surface area contributed by atoms with E-state index < -0.39 is 4.92 Å². The van der Waals surface area contributed by atoms with Gasteiger partial charge in [0.05, 0.1) is 16.2 Å². The Morgan fingerprint density at radius 3 is 2.17 bits per heavy atom. The summed E-state index contributed by atoms with van der Waals surface area (Å²) in [6.45, 7) is 3.75. The molecule has 0 amide bonds. The molecule has 36 heavy (non-hydrogen) atoms. The third-order valence-electron chi connectivity index (χ3n) is 6.30. The highest BCUT2D eigenvalue weighted by Crippen LogP contribution is 2.32. The van der Waals surface area contributed by atoms with Gasteiger partial charge in [-0.2, -0.15) is 20.1 Å². The molecule has 4 heterocycles. The number of hydrogen-bond acceptors (Lipinski definition) is 10. The van der Waals surface area contributed by atoms with E-state index in [1.807, 2.05) is 0 Å². The van der Waals surface area contributed by atoms with Crippen LogP contribution in [0.5, 0.6) is 0 Å². The number of nitro groups is 1. The van der Waals surface area contributed by atoms with Crippen LogP contribution in [0.15, 0.2) is 39.9 Å². The Balaban J connectivity index is 1.32. The summed E-state index contributed by atoms with van der Waals surface area (Å²) in [5.41, 5.74) is 3.41. The van der Waals surface area contributed by atoms with Gasteiger partial charge in [0.2, 0.25) is 17.8 Å². The SMILES string of the molecule is O=[N+]([O-])c1ccc(-c2ccc(/C=N\Nc3nc(N4CCCCC4)nc(N4CCCCC4)n3)o2)c(Cl)c1.